The smallest absolute Gasteiger partial charge is 0.231 e. The molecule has 0 radical (unpaired) electrons. The minimum Gasteiger partial charge on any atom is -0.496 e. The van der Waals surface area contributed by atoms with Gasteiger partial charge in [-0.05, 0) is 49.2 Å². The summed E-state index contributed by atoms with van der Waals surface area (Å²) in [6.07, 6.45) is 0. The number of nitrogens with one attached hydrogen (secondary N) is 1. The van der Waals surface area contributed by atoms with E-state index in [2.05, 4.69) is 15.5 Å². The fraction of sp³-hybridized carbons (Fsp3) is 0.304. The molecular weight excluding hydrogens is 448 g/mol. The molecule has 9 heteroatoms. The molecule has 0 saturated heterocycles. The van der Waals surface area contributed by atoms with Crippen LogP contribution in [0.4, 0.5) is 0 Å². The van der Waals surface area contributed by atoms with Crippen LogP contribution in [0.3, 0.4) is 0 Å². The number of methoxy groups -OCH3 is 1. The summed E-state index contributed by atoms with van der Waals surface area (Å²) in [7, 11) is 1.60. The van der Waals surface area contributed by atoms with Crippen molar-refractivity contribution in [3.63, 3.8) is 0 Å². The number of halogens is 1. The first-order valence-electron chi connectivity index (χ1n) is 10.1. The summed E-state index contributed by atoms with van der Waals surface area (Å²) in [4.78, 5) is 24.3. The standard InChI is InChI=1S/C23H25ClN4O3S/c1-14(2)21(15(3)29)25-20(30)13-32-23-27-26-22(18-7-5-6-8-19(18)31-4)28(23)17-11-9-16(24)10-12-17/h5-12,14,21H,13H2,1-4H3,(H,25,30). The number of carbonyl (C=O) groups excluding carboxylic acids is 2. The zero-order valence-corrected chi connectivity index (χ0v) is 19.9. The van der Waals surface area contributed by atoms with Gasteiger partial charge in [0.1, 0.15) is 5.75 Å². The van der Waals surface area contributed by atoms with Crippen molar-refractivity contribution >= 4 is 35.1 Å². The first-order chi connectivity index (χ1) is 15.3. The van der Waals surface area contributed by atoms with E-state index >= 15 is 0 Å². The first-order valence-corrected chi connectivity index (χ1v) is 11.5. The highest BCUT2D eigenvalue weighted by Crippen LogP contribution is 2.33. The second-order valence-electron chi connectivity index (χ2n) is 7.51. The topological polar surface area (TPSA) is 86.1 Å². The number of hydrogen-bond donors (Lipinski definition) is 1. The van der Waals surface area contributed by atoms with Crippen molar-refractivity contribution in [3.8, 4) is 22.8 Å². The molecule has 1 heterocycles. The molecule has 0 fully saturated rings. The maximum Gasteiger partial charge on any atom is 0.231 e. The maximum atomic E-state index is 12.5. The van der Waals surface area contributed by atoms with Crippen LogP contribution in [-0.4, -0.2) is 45.4 Å². The van der Waals surface area contributed by atoms with Gasteiger partial charge < -0.3 is 10.1 Å². The van der Waals surface area contributed by atoms with Crippen molar-refractivity contribution in [2.75, 3.05) is 12.9 Å². The van der Waals surface area contributed by atoms with E-state index in [0.29, 0.717) is 21.8 Å². The number of rotatable bonds is 9. The summed E-state index contributed by atoms with van der Waals surface area (Å²) in [5.41, 5.74) is 1.57. The minimum absolute atomic E-state index is 0.0105. The van der Waals surface area contributed by atoms with E-state index in [1.54, 1.807) is 19.2 Å². The van der Waals surface area contributed by atoms with Gasteiger partial charge in [-0.3, -0.25) is 14.2 Å². The molecule has 0 spiro atoms. The summed E-state index contributed by atoms with van der Waals surface area (Å²) in [6, 6.07) is 14.3. The van der Waals surface area contributed by atoms with Gasteiger partial charge in [0.15, 0.2) is 16.8 Å². The van der Waals surface area contributed by atoms with Gasteiger partial charge in [0.2, 0.25) is 5.91 Å². The van der Waals surface area contributed by atoms with Crippen molar-refractivity contribution in [2.45, 2.75) is 32.0 Å². The Morgan fingerprint density at radius 1 is 1.12 bits per heavy atom. The average Bonchev–Trinajstić information content (AvgIpc) is 3.19. The Balaban J connectivity index is 1.93. The summed E-state index contributed by atoms with van der Waals surface area (Å²) >= 11 is 7.31. The third-order valence-electron chi connectivity index (χ3n) is 4.82. The Labute approximate surface area is 196 Å². The molecule has 32 heavy (non-hydrogen) atoms. The zero-order valence-electron chi connectivity index (χ0n) is 18.3. The van der Waals surface area contributed by atoms with Gasteiger partial charge in [-0.15, -0.1) is 10.2 Å². The van der Waals surface area contributed by atoms with Gasteiger partial charge in [-0.25, -0.2) is 0 Å². The van der Waals surface area contributed by atoms with Gasteiger partial charge in [0.05, 0.1) is 24.5 Å². The molecule has 0 aliphatic carbocycles. The molecule has 1 N–H and O–H groups in total. The second kappa shape index (κ2) is 10.7. The van der Waals surface area contributed by atoms with Gasteiger partial charge in [0.25, 0.3) is 0 Å². The number of nitrogens with zero attached hydrogens (tertiary/aromatic N) is 3. The molecule has 3 aromatic rings. The highest BCUT2D eigenvalue weighted by atomic mass is 35.5. The van der Waals surface area contributed by atoms with Crippen molar-refractivity contribution in [1.82, 2.24) is 20.1 Å². The second-order valence-corrected chi connectivity index (χ2v) is 8.89. The summed E-state index contributed by atoms with van der Waals surface area (Å²) < 4.78 is 7.36. The SMILES string of the molecule is COc1ccccc1-c1nnc(SCC(=O)NC(C(C)=O)C(C)C)n1-c1ccc(Cl)cc1. The Bertz CT molecular complexity index is 1100. The normalized spacial score (nSPS) is 11.9. The van der Waals surface area contributed by atoms with E-state index in [-0.39, 0.29) is 23.4 Å². The van der Waals surface area contributed by atoms with Crippen molar-refractivity contribution in [1.29, 1.82) is 0 Å². The van der Waals surface area contributed by atoms with Crippen LogP contribution in [-0.2, 0) is 9.59 Å². The molecule has 7 nitrogen and oxygen atoms in total. The van der Waals surface area contributed by atoms with E-state index in [9.17, 15) is 9.59 Å². The number of amides is 1. The lowest BCUT2D eigenvalue weighted by Crippen LogP contribution is -2.44. The van der Waals surface area contributed by atoms with Crippen LogP contribution < -0.4 is 10.1 Å². The predicted molar refractivity (Wildman–Crippen MR) is 127 cm³/mol. The lowest BCUT2D eigenvalue weighted by molar-refractivity contribution is -0.126. The molecule has 0 bridgehead atoms. The molecule has 1 aromatic heterocycles. The van der Waals surface area contributed by atoms with Crippen LogP contribution in [0.2, 0.25) is 5.02 Å². The van der Waals surface area contributed by atoms with Crippen LogP contribution in [0.15, 0.2) is 53.7 Å². The highest BCUT2D eigenvalue weighted by molar-refractivity contribution is 7.99. The average molecular weight is 473 g/mol. The molecular formula is C23H25ClN4O3S. The summed E-state index contributed by atoms with van der Waals surface area (Å²) in [6.45, 7) is 5.28. The molecule has 0 saturated carbocycles. The molecule has 3 rings (SSSR count). The van der Waals surface area contributed by atoms with Crippen molar-refractivity contribution < 1.29 is 14.3 Å². The van der Waals surface area contributed by atoms with Gasteiger partial charge in [-0.2, -0.15) is 0 Å². The van der Waals surface area contributed by atoms with Gasteiger partial charge in [-0.1, -0.05) is 49.3 Å². The number of carbonyl (C=O) groups is 2. The van der Waals surface area contributed by atoms with Crippen LogP contribution in [0, 0.1) is 5.92 Å². The third-order valence-corrected chi connectivity index (χ3v) is 6.00. The van der Waals surface area contributed by atoms with Crippen LogP contribution >= 0.6 is 23.4 Å². The number of para-hydroxylation sites is 1. The highest BCUT2D eigenvalue weighted by Gasteiger charge is 2.23. The van der Waals surface area contributed by atoms with Gasteiger partial charge >= 0.3 is 0 Å². The van der Waals surface area contributed by atoms with Crippen molar-refractivity contribution in [2.24, 2.45) is 5.92 Å². The van der Waals surface area contributed by atoms with E-state index in [1.165, 1.54) is 18.7 Å². The molecule has 0 aliphatic heterocycles. The number of hydrogen-bond acceptors (Lipinski definition) is 6. The molecule has 168 valence electrons. The lowest BCUT2D eigenvalue weighted by Gasteiger charge is -2.19. The zero-order chi connectivity index (χ0) is 23.3. The van der Waals surface area contributed by atoms with Crippen LogP contribution in [0.5, 0.6) is 5.75 Å². The Kier molecular flexibility index (Phi) is 7.93. The fourth-order valence-electron chi connectivity index (χ4n) is 3.27. The number of aromatic nitrogens is 3. The molecule has 1 amide bonds. The number of thioether (sulfide) groups is 1. The Morgan fingerprint density at radius 2 is 1.81 bits per heavy atom. The number of benzene rings is 2. The monoisotopic (exact) mass is 472 g/mol. The number of ether oxygens (including phenoxy) is 1. The molecule has 0 aliphatic rings. The third kappa shape index (κ3) is 5.49. The molecule has 1 unspecified atom stereocenters. The van der Waals surface area contributed by atoms with Crippen LogP contribution in [0.1, 0.15) is 20.8 Å². The first kappa shape index (κ1) is 23.8. The Hall–Kier alpha value is -2.84. The minimum atomic E-state index is -0.513. The maximum absolute atomic E-state index is 12.5. The van der Waals surface area contributed by atoms with E-state index in [4.69, 9.17) is 16.3 Å². The van der Waals surface area contributed by atoms with Crippen LogP contribution in [0.25, 0.3) is 17.1 Å². The predicted octanol–water partition coefficient (Wildman–Crippen LogP) is 4.42. The van der Waals surface area contributed by atoms with E-state index in [0.717, 1.165) is 11.3 Å². The van der Waals surface area contributed by atoms with Gasteiger partial charge in [0, 0.05) is 10.7 Å². The fourth-order valence-corrected chi connectivity index (χ4v) is 4.16. The van der Waals surface area contributed by atoms with Crippen molar-refractivity contribution in [3.05, 3.63) is 53.6 Å². The largest absolute Gasteiger partial charge is 0.496 e. The Morgan fingerprint density at radius 3 is 2.44 bits per heavy atom. The summed E-state index contributed by atoms with van der Waals surface area (Å²) in [5.74, 6) is 1.03. The quantitative estimate of drug-likeness (QED) is 0.464. The molecule has 2 aromatic carbocycles. The lowest BCUT2D eigenvalue weighted by atomic mass is 10.0. The molecule has 1 atom stereocenters. The van der Waals surface area contributed by atoms with E-state index in [1.807, 2.05) is 54.8 Å². The number of Topliss-reactive ketones (excluding diaryl/α,β-unsaturated/α-hetero) is 1. The van der Waals surface area contributed by atoms with E-state index < -0.39 is 6.04 Å². The number of ketones is 1. The summed E-state index contributed by atoms with van der Waals surface area (Å²) in [5, 5.41) is 12.7.